The van der Waals surface area contributed by atoms with E-state index in [1.165, 1.54) is 7.05 Å². The fourth-order valence-electron chi connectivity index (χ4n) is 1.46. The van der Waals surface area contributed by atoms with Crippen LogP contribution in [0, 0.1) is 10.1 Å². The van der Waals surface area contributed by atoms with Gasteiger partial charge in [-0.25, -0.2) is 13.1 Å². The topological polar surface area (TPSA) is 114 Å². The molecule has 2 N–H and O–H groups in total. The fraction of sp³-hybridized carbons (Fsp3) is 0.417. The van der Waals surface area contributed by atoms with Crippen molar-refractivity contribution in [1.29, 1.82) is 0 Å². The first-order chi connectivity index (χ1) is 9.93. The molecule has 0 aliphatic heterocycles. The lowest BCUT2D eigenvalue weighted by atomic mass is 10.2. The average Bonchev–Trinajstić information content (AvgIpc) is 2.44. The van der Waals surface area contributed by atoms with Crippen LogP contribution in [-0.2, 0) is 15.8 Å². The van der Waals surface area contributed by atoms with Crippen molar-refractivity contribution in [3.8, 4) is 0 Å². The number of sulfonamides is 1. The SMILES string of the molecule is CNS(=O)(=O)Cc1ccc(NN=CCCC[N+](=O)[O-])cc1. The maximum atomic E-state index is 11.4. The van der Waals surface area contributed by atoms with Gasteiger partial charge in [0, 0.05) is 17.6 Å². The van der Waals surface area contributed by atoms with Crippen molar-refractivity contribution in [2.24, 2.45) is 5.10 Å². The minimum Gasteiger partial charge on any atom is -0.279 e. The van der Waals surface area contributed by atoms with E-state index in [1.54, 1.807) is 30.5 Å². The molecule has 0 bridgehead atoms. The van der Waals surface area contributed by atoms with Crippen LogP contribution >= 0.6 is 0 Å². The van der Waals surface area contributed by atoms with Gasteiger partial charge in [0.15, 0.2) is 0 Å². The Hall–Kier alpha value is -2.00. The molecule has 0 saturated carbocycles. The second kappa shape index (κ2) is 8.32. The third kappa shape index (κ3) is 7.37. The van der Waals surface area contributed by atoms with Crippen LogP contribution in [0.5, 0.6) is 0 Å². The van der Waals surface area contributed by atoms with Crippen LogP contribution in [0.25, 0.3) is 0 Å². The Kier molecular flexibility index (Phi) is 6.76. The van der Waals surface area contributed by atoms with E-state index >= 15 is 0 Å². The molecule has 0 aliphatic rings. The van der Waals surface area contributed by atoms with E-state index in [-0.39, 0.29) is 17.2 Å². The predicted octanol–water partition coefficient (Wildman–Crippen LogP) is 1.19. The van der Waals surface area contributed by atoms with Crippen molar-refractivity contribution < 1.29 is 13.3 Å². The van der Waals surface area contributed by atoms with E-state index in [0.717, 1.165) is 0 Å². The lowest BCUT2D eigenvalue weighted by Gasteiger charge is -2.04. The molecule has 0 heterocycles. The molecule has 0 spiro atoms. The number of nitro groups is 1. The average molecular weight is 314 g/mol. The number of rotatable bonds is 9. The molecule has 8 nitrogen and oxygen atoms in total. The van der Waals surface area contributed by atoms with Crippen molar-refractivity contribution >= 4 is 21.9 Å². The third-order valence-electron chi connectivity index (χ3n) is 2.58. The maximum absolute atomic E-state index is 11.4. The number of nitrogens with zero attached hydrogens (tertiary/aromatic N) is 2. The molecule has 0 fully saturated rings. The fourth-order valence-corrected chi connectivity index (χ4v) is 2.24. The summed E-state index contributed by atoms with van der Waals surface area (Å²) in [6.07, 6.45) is 2.54. The standard InChI is InChI=1S/C12H18N4O4S/c1-13-21(19,20)10-11-4-6-12(7-5-11)15-14-8-2-3-9-16(17)18/h4-8,13,15H,2-3,9-10H2,1H3. The second-order valence-electron chi connectivity index (χ2n) is 4.28. The predicted molar refractivity (Wildman–Crippen MR) is 81.3 cm³/mol. The summed E-state index contributed by atoms with van der Waals surface area (Å²) in [7, 11) is -1.90. The summed E-state index contributed by atoms with van der Waals surface area (Å²) in [5.41, 5.74) is 4.16. The van der Waals surface area contributed by atoms with E-state index in [0.29, 0.717) is 24.1 Å². The van der Waals surface area contributed by atoms with Gasteiger partial charge < -0.3 is 0 Å². The highest BCUT2D eigenvalue weighted by Gasteiger charge is 2.07. The molecule has 0 saturated heterocycles. The van der Waals surface area contributed by atoms with Crippen LogP contribution in [0.4, 0.5) is 5.69 Å². The van der Waals surface area contributed by atoms with Gasteiger partial charge in [-0.1, -0.05) is 12.1 Å². The molecule has 116 valence electrons. The largest absolute Gasteiger partial charge is 0.279 e. The lowest BCUT2D eigenvalue weighted by Crippen LogP contribution is -2.20. The Labute approximate surface area is 123 Å². The summed E-state index contributed by atoms with van der Waals surface area (Å²) in [6, 6.07) is 6.82. The van der Waals surface area contributed by atoms with E-state index in [2.05, 4.69) is 15.2 Å². The smallest absolute Gasteiger partial charge is 0.215 e. The van der Waals surface area contributed by atoms with E-state index in [4.69, 9.17) is 0 Å². The minimum absolute atomic E-state index is 0.0688. The molecule has 0 atom stereocenters. The van der Waals surface area contributed by atoms with Crippen LogP contribution in [-0.4, -0.2) is 33.1 Å². The Bertz CT molecular complexity index is 584. The molecule has 1 rings (SSSR count). The highest BCUT2D eigenvalue weighted by molar-refractivity contribution is 7.88. The summed E-state index contributed by atoms with van der Waals surface area (Å²) < 4.78 is 25.0. The van der Waals surface area contributed by atoms with Crippen molar-refractivity contribution in [3.63, 3.8) is 0 Å². The van der Waals surface area contributed by atoms with Crippen LogP contribution in [0.2, 0.25) is 0 Å². The monoisotopic (exact) mass is 314 g/mol. The highest BCUT2D eigenvalue weighted by Crippen LogP contribution is 2.11. The molecular weight excluding hydrogens is 296 g/mol. The van der Waals surface area contributed by atoms with Gasteiger partial charge in [-0.3, -0.25) is 15.5 Å². The van der Waals surface area contributed by atoms with E-state index in [1.807, 2.05) is 0 Å². The number of hydrogen-bond donors (Lipinski definition) is 2. The van der Waals surface area contributed by atoms with Crippen LogP contribution < -0.4 is 10.1 Å². The van der Waals surface area contributed by atoms with Crippen LogP contribution in [0.1, 0.15) is 18.4 Å². The number of anilines is 1. The third-order valence-corrected chi connectivity index (χ3v) is 3.92. The Morgan fingerprint density at radius 3 is 2.57 bits per heavy atom. The Balaban J connectivity index is 2.41. The summed E-state index contributed by atoms with van der Waals surface area (Å²) in [4.78, 5) is 9.74. The second-order valence-corrected chi connectivity index (χ2v) is 6.21. The molecule has 0 radical (unpaired) electrons. The molecule has 0 aliphatic carbocycles. The number of benzene rings is 1. The zero-order chi connectivity index (χ0) is 15.7. The van der Waals surface area contributed by atoms with Gasteiger partial charge in [-0.2, -0.15) is 5.10 Å². The minimum atomic E-state index is -3.27. The summed E-state index contributed by atoms with van der Waals surface area (Å²) >= 11 is 0. The van der Waals surface area contributed by atoms with Crippen molar-refractivity contribution in [2.75, 3.05) is 19.0 Å². The highest BCUT2D eigenvalue weighted by atomic mass is 32.2. The molecule has 1 aromatic carbocycles. The van der Waals surface area contributed by atoms with Gasteiger partial charge in [0.1, 0.15) is 0 Å². The van der Waals surface area contributed by atoms with Crippen molar-refractivity contribution in [1.82, 2.24) is 4.72 Å². The molecule has 0 aromatic heterocycles. The zero-order valence-corrected chi connectivity index (χ0v) is 12.5. The number of nitrogens with one attached hydrogen (secondary N) is 2. The molecular formula is C12H18N4O4S. The molecule has 9 heteroatoms. The van der Waals surface area contributed by atoms with Crippen LogP contribution in [0.3, 0.4) is 0 Å². The number of hydrazone groups is 1. The zero-order valence-electron chi connectivity index (χ0n) is 11.7. The van der Waals surface area contributed by atoms with Gasteiger partial charge in [0.25, 0.3) is 0 Å². The first kappa shape index (κ1) is 17.1. The molecule has 1 aromatic rings. The first-order valence-electron chi connectivity index (χ1n) is 6.32. The van der Waals surface area contributed by atoms with Gasteiger partial charge in [0.2, 0.25) is 16.6 Å². The van der Waals surface area contributed by atoms with Crippen LogP contribution in [0.15, 0.2) is 29.4 Å². The summed E-state index contributed by atoms with van der Waals surface area (Å²) in [5.74, 6) is -0.0755. The maximum Gasteiger partial charge on any atom is 0.215 e. The Morgan fingerprint density at radius 2 is 2.00 bits per heavy atom. The van der Waals surface area contributed by atoms with Gasteiger partial charge >= 0.3 is 0 Å². The lowest BCUT2D eigenvalue weighted by molar-refractivity contribution is -0.480. The van der Waals surface area contributed by atoms with E-state index < -0.39 is 10.0 Å². The first-order valence-corrected chi connectivity index (χ1v) is 7.97. The molecule has 0 amide bonds. The number of hydrogen-bond acceptors (Lipinski definition) is 6. The van der Waals surface area contributed by atoms with Gasteiger partial charge in [-0.15, -0.1) is 0 Å². The van der Waals surface area contributed by atoms with E-state index in [9.17, 15) is 18.5 Å². The van der Waals surface area contributed by atoms with Crippen molar-refractivity contribution in [3.05, 3.63) is 39.9 Å². The summed E-state index contributed by atoms with van der Waals surface area (Å²) in [6.45, 7) is -0.0688. The van der Waals surface area contributed by atoms with Gasteiger partial charge in [-0.05, 0) is 31.2 Å². The quantitative estimate of drug-likeness (QED) is 0.307. The Morgan fingerprint density at radius 1 is 1.33 bits per heavy atom. The normalized spacial score (nSPS) is 11.7. The molecule has 0 unspecified atom stereocenters. The number of unbranched alkanes of at least 4 members (excludes halogenated alkanes) is 1. The molecule has 21 heavy (non-hydrogen) atoms. The summed E-state index contributed by atoms with van der Waals surface area (Å²) in [5, 5.41) is 14.0. The van der Waals surface area contributed by atoms with Crippen molar-refractivity contribution in [2.45, 2.75) is 18.6 Å². The van der Waals surface area contributed by atoms with Gasteiger partial charge in [0.05, 0.1) is 11.4 Å².